The summed E-state index contributed by atoms with van der Waals surface area (Å²) in [6, 6.07) is 6.03. The van der Waals surface area contributed by atoms with Gasteiger partial charge in [0.2, 0.25) is 0 Å². The third kappa shape index (κ3) is 2.85. The van der Waals surface area contributed by atoms with Crippen LogP contribution in [0.5, 0.6) is 5.75 Å². The van der Waals surface area contributed by atoms with Crippen molar-refractivity contribution in [3.63, 3.8) is 0 Å². The van der Waals surface area contributed by atoms with E-state index in [2.05, 4.69) is 29.8 Å². The van der Waals surface area contributed by atoms with Gasteiger partial charge in [-0.2, -0.15) is 5.26 Å². The van der Waals surface area contributed by atoms with Crippen molar-refractivity contribution in [2.75, 3.05) is 18.0 Å². The summed E-state index contributed by atoms with van der Waals surface area (Å²) in [6.45, 7) is 9.84. The molecule has 0 saturated carbocycles. The van der Waals surface area contributed by atoms with Gasteiger partial charge in [-0.15, -0.1) is 0 Å². The number of aryl methyl sites for hydroxylation is 2. The Hall–Kier alpha value is -2.28. The molecule has 0 unspecified atom stereocenters. The highest BCUT2D eigenvalue weighted by Crippen LogP contribution is 2.37. The predicted octanol–water partition coefficient (Wildman–Crippen LogP) is 4.06. The Kier molecular flexibility index (Phi) is 4.87. The number of nitrogens with zero attached hydrogens (tertiary/aromatic N) is 3. The lowest BCUT2D eigenvalue weighted by molar-refractivity contribution is 0.479. The highest BCUT2D eigenvalue weighted by atomic mass is 16.3. The minimum atomic E-state index is 0.0530. The maximum Gasteiger partial charge on any atom is 0.145 e. The molecule has 0 aliphatic heterocycles. The van der Waals surface area contributed by atoms with Crippen molar-refractivity contribution in [1.82, 2.24) is 4.98 Å². The van der Waals surface area contributed by atoms with Gasteiger partial charge in [0, 0.05) is 18.8 Å². The van der Waals surface area contributed by atoms with Crippen LogP contribution in [0.4, 0.5) is 5.82 Å². The monoisotopic (exact) mass is 297 g/mol. The molecule has 0 fully saturated rings. The summed E-state index contributed by atoms with van der Waals surface area (Å²) < 4.78 is 0. The number of aromatic hydroxyl groups is 1. The first-order chi connectivity index (χ1) is 10.5. The van der Waals surface area contributed by atoms with E-state index in [1.54, 1.807) is 0 Å². The normalized spacial score (nSPS) is 10.7. The summed E-state index contributed by atoms with van der Waals surface area (Å²) in [5.41, 5.74) is 2.05. The Morgan fingerprint density at radius 1 is 1.18 bits per heavy atom. The lowest BCUT2D eigenvalue weighted by Gasteiger charge is -2.25. The Balaban J connectivity index is 2.80. The first kappa shape index (κ1) is 16.1. The smallest absolute Gasteiger partial charge is 0.145 e. The number of pyridine rings is 1. The summed E-state index contributed by atoms with van der Waals surface area (Å²) in [7, 11) is 0. The van der Waals surface area contributed by atoms with Crippen LogP contribution < -0.4 is 4.90 Å². The van der Waals surface area contributed by atoms with Crippen LogP contribution in [0.25, 0.3) is 10.8 Å². The van der Waals surface area contributed by atoms with E-state index >= 15 is 0 Å². The van der Waals surface area contributed by atoms with Crippen LogP contribution in [-0.4, -0.2) is 23.2 Å². The van der Waals surface area contributed by atoms with E-state index in [-0.39, 0.29) is 5.75 Å². The minimum absolute atomic E-state index is 0.0530. The second-order valence-electron chi connectivity index (χ2n) is 5.70. The van der Waals surface area contributed by atoms with Gasteiger partial charge in [-0.05, 0) is 49.8 Å². The lowest BCUT2D eigenvalue weighted by atomic mass is 10.0. The molecule has 4 nitrogen and oxygen atoms in total. The van der Waals surface area contributed by atoms with Crippen molar-refractivity contribution in [1.29, 1.82) is 5.26 Å². The fourth-order valence-corrected chi connectivity index (χ4v) is 2.89. The van der Waals surface area contributed by atoms with E-state index in [4.69, 9.17) is 0 Å². The zero-order valence-corrected chi connectivity index (χ0v) is 13.8. The molecule has 116 valence electrons. The predicted molar refractivity (Wildman–Crippen MR) is 90.4 cm³/mol. The average molecular weight is 297 g/mol. The van der Waals surface area contributed by atoms with Crippen molar-refractivity contribution in [2.24, 2.45) is 0 Å². The molecule has 0 bridgehead atoms. The highest BCUT2D eigenvalue weighted by Gasteiger charge is 2.18. The van der Waals surface area contributed by atoms with Crippen LogP contribution in [0.15, 0.2) is 12.1 Å². The molecule has 2 aromatic rings. The third-order valence-electron chi connectivity index (χ3n) is 3.80. The summed E-state index contributed by atoms with van der Waals surface area (Å²) in [5.74, 6) is 0.838. The fourth-order valence-electron chi connectivity index (χ4n) is 2.89. The van der Waals surface area contributed by atoms with Crippen molar-refractivity contribution in [3.8, 4) is 11.8 Å². The van der Waals surface area contributed by atoms with E-state index in [1.807, 2.05) is 26.0 Å². The number of hydrogen-bond acceptors (Lipinski definition) is 4. The Morgan fingerprint density at radius 2 is 1.82 bits per heavy atom. The van der Waals surface area contributed by atoms with E-state index in [1.165, 1.54) is 0 Å². The average Bonchev–Trinajstić information content (AvgIpc) is 2.46. The molecular formula is C18H23N3O. The molecule has 0 spiro atoms. The topological polar surface area (TPSA) is 60.2 Å². The van der Waals surface area contributed by atoms with Gasteiger partial charge in [0.05, 0.1) is 10.9 Å². The van der Waals surface area contributed by atoms with Gasteiger partial charge in [0.25, 0.3) is 0 Å². The summed E-state index contributed by atoms with van der Waals surface area (Å²) >= 11 is 0. The molecule has 0 aliphatic carbocycles. The lowest BCUT2D eigenvalue weighted by Crippen LogP contribution is -2.26. The Bertz CT molecular complexity index is 725. The standard InChI is InChI=1S/C18H23N3O/c1-5-7-21(8-6-2)18-16-14(10-13(4)20-18)9-12(3)15(11-19)17(16)22/h9-10,22H,5-8H2,1-4H3. The van der Waals surface area contributed by atoms with Crippen LogP contribution in [0.1, 0.15) is 43.5 Å². The molecule has 4 heteroatoms. The molecule has 0 amide bonds. The SMILES string of the molecule is CCCN(CCC)c1nc(C)cc2cc(C)c(C#N)c(O)c12. The van der Waals surface area contributed by atoms with E-state index in [0.717, 1.165) is 48.4 Å². The van der Waals surface area contributed by atoms with Gasteiger partial charge in [0.15, 0.2) is 0 Å². The van der Waals surface area contributed by atoms with Gasteiger partial charge in [-0.25, -0.2) is 4.98 Å². The number of phenols is 1. The molecule has 1 heterocycles. The molecular weight excluding hydrogens is 274 g/mol. The number of phenolic OH excluding ortho intramolecular Hbond substituents is 1. The fraction of sp³-hybridized carbons (Fsp3) is 0.444. The van der Waals surface area contributed by atoms with Crippen LogP contribution in [-0.2, 0) is 0 Å². The molecule has 0 atom stereocenters. The number of aromatic nitrogens is 1. The third-order valence-corrected chi connectivity index (χ3v) is 3.80. The summed E-state index contributed by atoms with van der Waals surface area (Å²) in [6.07, 6.45) is 2.02. The summed E-state index contributed by atoms with van der Waals surface area (Å²) in [5, 5.41) is 21.5. The Morgan fingerprint density at radius 3 is 2.36 bits per heavy atom. The van der Waals surface area contributed by atoms with Gasteiger partial charge in [-0.1, -0.05) is 13.8 Å². The zero-order valence-electron chi connectivity index (χ0n) is 13.8. The van der Waals surface area contributed by atoms with Crippen molar-refractivity contribution in [2.45, 2.75) is 40.5 Å². The molecule has 1 aromatic heterocycles. The molecule has 0 radical (unpaired) electrons. The summed E-state index contributed by atoms with van der Waals surface area (Å²) in [4.78, 5) is 6.86. The maximum absolute atomic E-state index is 10.6. The van der Waals surface area contributed by atoms with E-state index in [9.17, 15) is 10.4 Å². The van der Waals surface area contributed by atoms with Crippen LogP contribution in [0, 0.1) is 25.2 Å². The number of benzene rings is 1. The first-order valence-electron chi connectivity index (χ1n) is 7.82. The molecule has 1 aromatic carbocycles. The van der Waals surface area contributed by atoms with Crippen molar-refractivity contribution < 1.29 is 5.11 Å². The van der Waals surface area contributed by atoms with Crippen LogP contribution in [0.3, 0.4) is 0 Å². The van der Waals surface area contributed by atoms with Gasteiger partial charge in [0.1, 0.15) is 17.6 Å². The number of anilines is 1. The molecule has 0 aliphatic rings. The minimum Gasteiger partial charge on any atom is -0.506 e. The van der Waals surface area contributed by atoms with E-state index in [0.29, 0.717) is 10.9 Å². The molecule has 0 saturated heterocycles. The first-order valence-corrected chi connectivity index (χ1v) is 7.82. The number of nitriles is 1. The number of hydrogen-bond donors (Lipinski definition) is 1. The van der Waals surface area contributed by atoms with Crippen molar-refractivity contribution in [3.05, 3.63) is 29.0 Å². The molecule has 22 heavy (non-hydrogen) atoms. The number of fused-ring (bicyclic) bond motifs is 1. The van der Waals surface area contributed by atoms with Crippen LogP contribution >= 0.6 is 0 Å². The van der Waals surface area contributed by atoms with E-state index < -0.39 is 0 Å². The van der Waals surface area contributed by atoms with Crippen molar-refractivity contribution >= 4 is 16.6 Å². The highest BCUT2D eigenvalue weighted by molar-refractivity contribution is 5.99. The Labute approximate surface area is 132 Å². The van der Waals surface area contributed by atoms with Gasteiger partial charge < -0.3 is 10.0 Å². The largest absolute Gasteiger partial charge is 0.506 e. The van der Waals surface area contributed by atoms with Gasteiger partial charge >= 0.3 is 0 Å². The molecule has 1 N–H and O–H groups in total. The zero-order chi connectivity index (χ0) is 16.3. The molecule has 2 rings (SSSR count). The maximum atomic E-state index is 10.6. The quantitative estimate of drug-likeness (QED) is 0.904. The number of rotatable bonds is 5. The van der Waals surface area contributed by atoms with Crippen LogP contribution in [0.2, 0.25) is 0 Å². The second kappa shape index (κ2) is 6.65. The van der Waals surface area contributed by atoms with Gasteiger partial charge in [-0.3, -0.25) is 0 Å². The second-order valence-corrected chi connectivity index (χ2v) is 5.70.